The molecule has 32 heavy (non-hydrogen) atoms. The van der Waals surface area contributed by atoms with Gasteiger partial charge < -0.3 is 19.5 Å². The maximum Gasteiger partial charge on any atom is 0.306 e. The standard InChI is InChI=1S/C21H22ClN3O7/c1-30-15-7-8-16(17(11-15)31-2)23-19(27)12-32-20(28)10-9-18(26)24-25-21(29)13-3-5-14(22)6-4-13/h3-8,11H,9-10,12H2,1-2H3,(H,23,27)(H,24,26)(H,25,29). The minimum absolute atomic E-state index is 0.242. The lowest BCUT2D eigenvalue weighted by Crippen LogP contribution is -2.41. The molecule has 0 aliphatic heterocycles. The summed E-state index contributed by atoms with van der Waals surface area (Å²) in [5.74, 6) is -1.54. The Morgan fingerprint density at radius 2 is 1.59 bits per heavy atom. The van der Waals surface area contributed by atoms with Gasteiger partial charge in [-0.15, -0.1) is 0 Å². The molecule has 0 saturated carbocycles. The van der Waals surface area contributed by atoms with Crippen molar-refractivity contribution >= 4 is 41.0 Å². The highest BCUT2D eigenvalue weighted by Gasteiger charge is 2.13. The summed E-state index contributed by atoms with van der Waals surface area (Å²) in [5.41, 5.74) is 5.09. The minimum Gasteiger partial charge on any atom is -0.497 e. The van der Waals surface area contributed by atoms with Crippen LogP contribution in [0.5, 0.6) is 11.5 Å². The molecule has 0 unspecified atom stereocenters. The number of esters is 1. The second-order valence-electron chi connectivity index (χ2n) is 6.28. The van der Waals surface area contributed by atoms with E-state index in [4.69, 9.17) is 25.8 Å². The third-order valence-corrected chi connectivity index (χ3v) is 4.28. The molecule has 0 fully saturated rings. The number of hydrogen-bond acceptors (Lipinski definition) is 7. The molecule has 11 heteroatoms. The zero-order valence-electron chi connectivity index (χ0n) is 17.4. The summed E-state index contributed by atoms with van der Waals surface area (Å²) in [6.45, 7) is -0.539. The fourth-order valence-corrected chi connectivity index (χ4v) is 2.51. The van der Waals surface area contributed by atoms with Gasteiger partial charge in [-0.2, -0.15) is 0 Å². The third kappa shape index (κ3) is 7.80. The number of amides is 3. The number of carbonyl (C=O) groups excluding carboxylic acids is 4. The minimum atomic E-state index is -0.749. The molecule has 170 valence electrons. The second kappa shape index (κ2) is 12.2. The van der Waals surface area contributed by atoms with Crippen molar-refractivity contribution in [1.82, 2.24) is 10.9 Å². The molecule has 2 aromatic carbocycles. The summed E-state index contributed by atoms with van der Waals surface area (Å²) < 4.78 is 15.1. The Kier molecular flexibility index (Phi) is 9.30. The van der Waals surface area contributed by atoms with Crippen molar-refractivity contribution in [2.45, 2.75) is 12.8 Å². The number of halogens is 1. The van der Waals surface area contributed by atoms with Crippen LogP contribution in [-0.4, -0.2) is 44.5 Å². The Bertz CT molecular complexity index is 980. The number of benzene rings is 2. The zero-order chi connectivity index (χ0) is 23.5. The van der Waals surface area contributed by atoms with Crippen LogP contribution in [0.15, 0.2) is 42.5 Å². The molecule has 0 aliphatic carbocycles. The molecule has 10 nitrogen and oxygen atoms in total. The number of nitrogens with one attached hydrogen (secondary N) is 3. The summed E-state index contributed by atoms with van der Waals surface area (Å²) in [6, 6.07) is 10.9. The van der Waals surface area contributed by atoms with Crippen LogP contribution in [0.1, 0.15) is 23.2 Å². The SMILES string of the molecule is COc1ccc(NC(=O)COC(=O)CCC(=O)NNC(=O)c2ccc(Cl)cc2)c(OC)c1. The summed E-state index contributed by atoms with van der Waals surface area (Å²) in [7, 11) is 2.94. The third-order valence-electron chi connectivity index (χ3n) is 4.03. The van der Waals surface area contributed by atoms with Gasteiger partial charge in [-0.1, -0.05) is 11.6 Å². The van der Waals surface area contributed by atoms with Crippen LogP contribution in [-0.2, 0) is 19.1 Å². The average Bonchev–Trinajstić information content (AvgIpc) is 2.80. The van der Waals surface area contributed by atoms with E-state index in [2.05, 4.69) is 16.2 Å². The molecule has 2 rings (SSSR count). The second-order valence-corrected chi connectivity index (χ2v) is 6.72. The predicted molar refractivity (Wildman–Crippen MR) is 115 cm³/mol. The highest BCUT2D eigenvalue weighted by atomic mass is 35.5. The smallest absolute Gasteiger partial charge is 0.306 e. The van der Waals surface area contributed by atoms with Crippen molar-refractivity contribution in [3.8, 4) is 11.5 Å². The van der Waals surface area contributed by atoms with Gasteiger partial charge in [-0.25, -0.2) is 0 Å². The highest BCUT2D eigenvalue weighted by molar-refractivity contribution is 6.30. The Labute approximate surface area is 189 Å². The molecule has 0 spiro atoms. The Hall–Kier alpha value is -3.79. The van der Waals surface area contributed by atoms with Gasteiger partial charge in [0.2, 0.25) is 5.91 Å². The van der Waals surface area contributed by atoms with Crippen LogP contribution in [0.2, 0.25) is 5.02 Å². The normalized spacial score (nSPS) is 9.97. The van der Waals surface area contributed by atoms with Gasteiger partial charge >= 0.3 is 5.97 Å². The number of rotatable bonds is 9. The molecular formula is C21H22ClN3O7. The number of carbonyl (C=O) groups is 4. The van der Waals surface area contributed by atoms with Crippen LogP contribution in [0.4, 0.5) is 5.69 Å². The summed E-state index contributed by atoms with van der Waals surface area (Å²) in [5, 5.41) is 3.03. The lowest BCUT2D eigenvalue weighted by atomic mass is 10.2. The predicted octanol–water partition coefficient (Wildman–Crippen LogP) is 2.08. The van der Waals surface area contributed by atoms with Gasteiger partial charge in [0.15, 0.2) is 6.61 Å². The van der Waals surface area contributed by atoms with Gasteiger partial charge in [0.1, 0.15) is 11.5 Å². The Morgan fingerprint density at radius 3 is 2.25 bits per heavy atom. The zero-order valence-corrected chi connectivity index (χ0v) is 18.2. The number of hydrogen-bond donors (Lipinski definition) is 3. The van der Waals surface area contributed by atoms with E-state index in [1.165, 1.54) is 38.5 Å². The van der Waals surface area contributed by atoms with Gasteiger partial charge in [0.25, 0.3) is 11.8 Å². The van der Waals surface area contributed by atoms with Crippen molar-refractivity contribution < 1.29 is 33.4 Å². The number of methoxy groups -OCH3 is 2. The maximum absolute atomic E-state index is 12.0. The molecule has 0 aromatic heterocycles. The van der Waals surface area contributed by atoms with Crippen LogP contribution in [0.3, 0.4) is 0 Å². The maximum atomic E-state index is 12.0. The van der Waals surface area contributed by atoms with Gasteiger partial charge in [0, 0.05) is 23.1 Å². The molecule has 3 N–H and O–H groups in total. The molecule has 0 heterocycles. The quantitative estimate of drug-likeness (QED) is 0.383. The molecule has 0 bridgehead atoms. The molecule has 0 aliphatic rings. The van der Waals surface area contributed by atoms with Crippen molar-refractivity contribution in [2.75, 3.05) is 26.1 Å². The van der Waals surface area contributed by atoms with Gasteiger partial charge in [0.05, 0.1) is 26.3 Å². The molecule has 0 radical (unpaired) electrons. The molecule has 0 saturated heterocycles. The first-order chi connectivity index (χ1) is 15.3. The van der Waals surface area contributed by atoms with E-state index in [-0.39, 0.29) is 12.8 Å². The number of anilines is 1. The van der Waals surface area contributed by atoms with E-state index in [0.29, 0.717) is 27.8 Å². The largest absolute Gasteiger partial charge is 0.497 e. The van der Waals surface area contributed by atoms with E-state index >= 15 is 0 Å². The first-order valence-corrected chi connectivity index (χ1v) is 9.72. The van der Waals surface area contributed by atoms with Crippen LogP contribution >= 0.6 is 11.6 Å². The molecule has 3 amide bonds. The monoisotopic (exact) mass is 463 g/mol. The van der Waals surface area contributed by atoms with Crippen LogP contribution in [0, 0.1) is 0 Å². The van der Waals surface area contributed by atoms with E-state index in [1.807, 2.05) is 0 Å². The highest BCUT2D eigenvalue weighted by Crippen LogP contribution is 2.28. The van der Waals surface area contributed by atoms with Crippen molar-refractivity contribution in [3.63, 3.8) is 0 Å². The fraction of sp³-hybridized carbons (Fsp3) is 0.238. The summed E-state index contributed by atoms with van der Waals surface area (Å²) in [6.07, 6.45) is -0.518. The lowest BCUT2D eigenvalue weighted by Gasteiger charge is -2.12. The Balaban J connectivity index is 1.69. The molecule has 0 atom stereocenters. The van der Waals surface area contributed by atoms with Gasteiger partial charge in [-0.3, -0.25) is 30.0 Å². The van der Waals surface area contributed by atoms with E-state index in [1.54, 1.807) is 18.2 Å². The van der Waals surface area contributed by atoms with Crippen LogP contribution in [0.25, 0.3) is 0 Å². The molecular weight excluding hydrogens is 442 g/mol. The number of hydrazine groups is 1. The first-order valence-electron chi connectivity index (χ1n) is 9.34. The van der Waals surface area contributed by atoms with Crippen molar-refractivity contribution in [3.05, 3.63) is 53.1 Å². The van der Waals surface area contributed by atoms with E-state index < -0.39 is 30.3 Å². The average molecular weight is 464 g/mol. The summed E-state index contributed by atoms with van der Waals surface area (Å²) >= 11 is 5.74. The Morgan fingerprint density at radius 1 is 0.875 bits per heavy atom. The summed E-state index contributed by atoms with van der Waals surface area (Å²) in [4.78, 5) is 47.4. The lowest BCUT2D eigenvalue weighted by molar-refractivity contribution is -0.148. The van der Waals surface area contributed by atoms with E-state index in [0.717, 1.165) is 0 Å². The fourth-order valence-electron chi connectivity index (χ4n) is 2.38. The van der Waals surface area contributed by atoms with Crippen LogP contribution < -0.4 is 25.6 Å². The number of ether oxygens (including phenoxy) is 3. The molecule has 2 aromatic rings. The van der Waals surface area contributed by atoms with E-state index in [9.17, 15) is 19.2 Å². The van der Waals surface area contributed by atoms with Crippen molar-refractivity contribution in [2.24, 2.45) is 0 Å². The van der Waals surface area contributed by atoms with Gasteiger partial charge in [-0.05, 0) is 36.4 Å². The first kappa shape index (κ1) is 24.5. The topological polar surface area (TPSA) is 132 Å². The van der Waals surface area contributed by atoms with Crippen molar-refractivity contribution in [1.29, 1.82) is 0 Å².